The van der Waals surface area contributed by atoms with E-state index in [0.717, 1.165) is 29.7 Å². The van der Waals surface area contributed by atoms with E-state index in [9.17, 15) is 13.2 Å². The minimum Gasteiger partial charge on any atom is -0.378 e. The van der Waals surface area contributed by atoms with Gasteiger partial charge in [0.1, 0.15) is 0 Å². The van der Waals surface area contributed by atoms with Crippen molar-refractivity contribution in [2.75, 3.05) is 31.2 Å². The summed E-state index contributed by atoms with van der Waals surface area (Å²) in [7, 11) is -3.87. The van der Waals surface area contributed by atoms with Gasteiger partial charge in [-0.05, 0) is 68.0 Å². The van der Waals surface area contributed by atoms with E-state index in [2.05, 4.69) is 9.88 Å². The molecule has 184 valence electrons. The standard InChI is InChI=1S/C28H27N3O4S/c1-20-5-10-28(21(2)16-20)36(33,34)31-19-23(6-9-27(32)22-4-3-11-29-18-22)25-17-24(7-8-26(25)31)30-12-14-35-15-13-30/h3-11,16-19H,12-15H2,1-2H3/b9-6+. The number of hydrogen-bond acceptors (Lipinski definition) is 6. The molecular weight excluding hydrogens is 474 g/mol. The highest BCUT2D eigenvalue weighted by molar-refractivity contribution is 7.90. The number of carbonyl (C=O) groups excluding carboxylic acids is 1. The molecule has 0 bridgehead atoms. The first kappa shape index (κ1) is 24.0. The summed E-state index contributed by atoms with van der Waals surface area (Å²) >= 11 is 0. The zero-order valence-corrected chi connectivity index (χ0v) is 21.0. The lowest BCUT2D eigenvalue weighted by atomic mass is 10.1. The summed E-state index contributed by atoms with van der Waals surface area (Å²) in [6, 6.07) is 14.5. The van der Waals surface area contributed by atoms with Crippen molar-refractivity contribution in [3.63, 3.8) is 0 Å². The second-order valence-corrected chi connectivity index (χ2v) is 10.7. The van der Waals surface area contributed by atoms with E-state index in [-0.39, 0.29) is 10.7 Å². The van der Waals surface area contributed by atoms with Gasteiger partial charge in [-0.15, -0.1) is 0 Å². The fraction of sp³-hybridized carbons (Fsp3) is 0.214. The van der Waals surface area contributed by atoms with Crippen LogP contribution < -0.4 is 4.90 Å². The Kier molecular flexibility index (Phi) is 6.47. The van der Waals surface area contributed by atoms with Crippen molar-refractivity contribution in [2.24, 2.45) is 0 Å². The van der Waals surface area contributed by atoms with Gasteiger partial charge < -0.3 is 9.64 Å². The van der Waals surface area contributed by atoms with Gasteiger partial charge in [0.25, 0.3) is 10.0 Å². The first-order chi connectivity index (χ1) is 17.3. The third-order valence-electron chi connectivity index (χ3n) is 6.39. The summed E-state index contributed by atoms with van der Waals surface area (Å²) in [6.45, 7) is 6.55. The highest BCUT2D eigenvalue weighted by Gasteiger charge is 2.23. The number of aromatic nitrogens is 2. The Morgan fingerprint density at radius 2 is 1.86 bits per heavy atom. The smallest absolute Gasteiger partial charge is 0.268 e. The van der Waals surface area contributed by atoms with Crippen LogP contribution >= 0.6 is 0 Å². The van der Waals surface area contributed by atoms with Crippen molar-refractivity contribution in [1.29, 1.82) is 0 Å². The lowest BCUT2D eigenvalue weighted by Gasteiger charge is -2.29. The molecule has 0 spiro atoms. The van der Waals surface area contributed by atoms with E-state index in [0.29, 0.717) is 35.4 Å². The summed E-state index contributed by atoms with van der Waals surface area (Å²) in [5, 5.41) is 0.752. The molecule has 1 fully saturated rings. The number of hydrogen-bond donors (Lipinski definition) is 0. The van der Waals surface area contributed by atoms with Gasteiger partial charge >= 0.3 is 0 Å². The van der Waals surface area contributed by atoms with Gasteiger partial charge in [-0.25, -0.2) is 12.4 Å². The number of carbonyl (C=O) groups is 1. The van der Waals surface area contributed by atoms with Gasteiger partial charge in [0.05, 0.1) is 23.6 Å². The number of fused-ring (bicyclic) bond motifs is 1. The van der Waals surface area contributed by atoms with Crippen LogP contribution in [0.2, 0.25) is 0 Å². The summed E-state index contributed by atoms with van der Waals surface area (Å²) in [5.41, 5.74) is 4.34. The number of nitrogens with zero attached hydrogens (tertiary/aromatic N) is 3. The molecule has 36 heavy (non-hydrogen) atoms. The maximum atomic E-state index is 13.8. The normalized spacial score (nSPS) is 14.6. The van der Waals surface area contributed by atoms with Crippen LogP contribution in [0.4, 0.5) is 5.69 Å². The average molecular weight is 502 g/mol. The van der Waals surface area contributed by atoms with E-state index in [1.165, 1.54) is 16.2 Å². The molecule has 2 aromatic carbocycles. The molecule has 0 amide bonds. The van der Waals surface area contributed by atoms with Crippen LogP contribution in [0.5, 0.6) is 0 Å². The number of morpholine rings is 1. The minimum atomic E-state index is -3.87. The van der Waals surface area contributed by atoms with Crippen LogP contribution in [0, 0.1) is 13.8 Å². The molecule has 0 N–H and O–H groups in total. The van der Waals surface area contributed by atoms with Gasteiger partial charge in [-0.3, -0.25) is 9.78 Å². The molecule has 4 aromatic rings. The highest BCUT2D eigenvalue weighted by Crippen LogP contribution is 2.32. The first-order valence-electron chi connectivity index (χ1n) is 11.8. The number of pyridine rings is 1. The largest absolute Gasteiger partial charge is 0.378 e. The van der Waals surface area contributed by atoms with Crippen LogP contribution in [-0.4, -0.2) is 49.5 Å². The van der Waals surface area contributed by atoms with Gasteiger partial charge in [0.15, 0.2) is 5.78 Å². The lowest BCUT2D eigenvalue weighted by Crippen LogP contribution is -2.36. The zero-order chi connectivity index (χ0) is 25.3. The fourth-order valence-corrected chi connectivity index (χ4v) is 6.12. The number of aryl methyl sites for hydroxylation is 2. The summed E-state index contributed by atoms with van der Waals surface area (Å²) < 4.78 is 34.3. The maximum absolute atomic E-state index is 13.8. The number of anilines is 1. The van der Waals surface area contributed by atoms with E-state index in [4.69, 9.17) is 4.74 Å². The molecule has 0 radical (unpaired) electrons. The Labute approximate surface area is 210 Å². The minimum absolute atomic E-state index is 0.203. The summed E-state index contributed by atoms with van der Waals surface area (Å²) in [5.74, 6) is -0.203. The second kappa shape index (κ2) is 9.72. The molecule has 1 aliphatic heterocycles. The topological polar surface area (TPSA) is 81.5 Å². The lowest BCUT2D eigenvalue weighted by molar-refractivity contribution is 0.104. The first-order valence-corrected chi connectivity index (χ1v) is 13.2. The Balaban J connectivity index is 1.63. The number of allylic oxidation sites excluding steroid dienone is 1. The van der Waals surface area contributed by atoms with E-state index in [1.54, 1.807) is 49.7 Å². The predicted molar refractivity (Wildman–Crippen MR) is 141 cm³/mol. The van der Waals surface area contributed by atoms with Crippen LogP contribution in [0.3, 0.4) is 0 Å². The van der Waals surface area contributed by atoms with Gasteiger partial charge in [-0.1, -0.05) is 17.7 Å². The van der Waals surface area contributed by atoms with Gasteiger partial charge in [-0.2, -0.15) is 0 Å². The Bertz CT molecular complexity index is 1570. The SMILES string of the molecule is Cc1ccc(S(=O)(=O)n2cc(/C=C/C(=O)c3cccnc3)c3cc(N4CCOCC4)ccc32)c(C)c1. The van der Waals surface area contributed by atoms with Crippen molar-refractivity contribution in [3.05, 3.63) is 95.5 Å². The molecule has 1 saturated heterocycles. The molecule has 5 rings (SSSR count). The second-order valence-electron chi connectivity index (χ2n) is 8.89. The molecule has 3 heterocycles. The number of rotatable bonds is 6. The summed E-state index contributed by atoms with van der Waals surface area (Å²) in [6.07, 6.45) is 7.85. The van der Waals surface area contributed by atoms with Gasteiger partial charge in [0.2, 0.25) is 0 Å². The Hall–Kier alpha value is -3.75. The van der Waals surface area contributed by atoms with Crippen molar-refractivity contribution in [3.8, 4) is 0 Å². The molecule has 0 aliphatic carbocycles. The monoisotopic (exact) mass is 501 g/mol. The Morgan fingerprint density at radius 1 is 1.06 bits per heavy atom. The molecule has 0 atom stereocenters. The molecule has 1 aliphatic rings. The Morgan fingerprint density at radius 3 is 2.58 bits per heavy atom. The zero-order valence-electron chi connectivity index (χ0n) is 20.2. The molecule has 0 unspecified atom stereocenters. The third kappa shape index (κ3) is 4.57. The molecule has 2 aromatic heterocycles. The maximum Gasteiger partial charge on any atom is 0.268 e. The van der Waals surface area contributed by atoms with Crippen LogP contribution in [0.15, 0.2) is 78.1 Å². The number of benzene rings is 2. The number of ether oxygens (including phenoxy) is 1. The van der Waals surface area contributed by atoms with E-state index >= 15 is 0 Å². The van der Waals surface area contributed by atoms with Gasteiger partial charge in [0, 0.05) is 53.9 Å². The molecular formula is C28H27N3O4S. The van der Waals surface area contributed by atoms with E-state index < -0.39 is 10.0 Å². The number of ketones is 1. The highest BCUT2D eigenvalue weighted by atomic mass is 32.2. The average Bonchev–Trinajstić information content (AvgIpc) is 3.27. The van der Waals surface area contributed by atoms with Crippen LogP contribution in [0.1, 0.15) is 27.0 Å². The molecule has 8 heteroatoms. The van der Waals surface area contributed by atoms with Crippen molar-refractivity contribution in [1.82, 2.24) is 8.96 Å². The van der Waals surface area contributed by atoms with Crippen LogP contribution in [0.25, 0.3) is 17.0 Å². The van der Waals surface area contributed by atoms with Crippen molar-refractivity contribution >= 4 is 38.5 Å². The molecule has 7 nitrogen and oxygen atoms in total. The van der Waals surface area contributed by atoms with E-state index in [1.807, 2.05) is 31.2 Å². The quantitative estimate of drug-likeness (QED) is 0.283. The van der Waals surface area contributed by atoms with Crippen molar-refractivity contribution in [2.45, 2.75) is 18.7 Å². The van der Waals surface area contributed by atoms with Crippen molar-refractivity contribution < 1.29 is 17.9 Å². The summed E-state index contributed by atoms with van der Waals surface area (Å²) in [4.78, 5) is 19.2. The molecule has 0 saturated carbocycles. The predicted octanol–water partition coefficient (Wildman–Crippen LogP) is 4.62. The third-order valence-corrected chi connectivity index (χ3v) is 8.22. The fourth-order valence-electron chi connectivity index (χ4n) is 4.53. The van der Waals surface area contributed by atoms with Crippen LogP contribution in [-0.2, 0) is 14.8 Å².